The molecule has 0 atom stereocenters. The van der Waals surface area contributed by atoms with E-state index in [0.29, 0.717) is 12.5 Å². The average Bonchev–Trinajstić information content (AvgIpc) is 2.91. The summed E-state index contributed by atoms with van der Waals surface area (Å²) in [5.74, 6) is 1.85. The molecule has 0 saturated heterocycles. The van der Waals surface area contributed by atoms with Gasteiger partial charge in [-0.3, -0.25) is 0 Å². The molecule has 0 amide bonds. The van der Waals surface area contributed by atoms with Gasteiger partial charge in [0.2, 0.25) is 5.88 Å². The van der Waals surface area contributed by atoms with Crippen molar-refractivity contribution in [2.24, 2.45) is 5.73 Å². The van der Waals surface area contributed by atoms with Crippen LogP contribution in [0.15, 0.2) is 24.3 Å². The standard InChI is InChI=1S/C17H25N3O2/c1-12(2)16-13(8-7-11-18)17(22-4)20(19-16)14-9-5-6-10-15(14)21-3/h5-6,9-10,12H,7-8,11,18H2,1-4H3. The molecular weight excluding hydrogens is 278 g/mol. The molecule has 0 bridgehead atoms. The average molecular weight is 303 g/mol. The Morgan fingerprint density at radius 3 is 2.50 bits per heavy atom. The molecule has 1 aromatic carbocycles. The summed E-state index contributed by atoms with van der Waals surface area (Å²) >= 11 is 0. The molecule has 22 heavy (non-hydrogen) atoms. The van der Waals surface area contributed by atoms with Gasteiger partial charge in [-0.1, -0.05) is 26.0 Å². The summed E-state index contributed by atoms with van der Waals surface area (Å²) in [4.78, 5) is 0. The van der Waals surface area contributed by atoms with Crippen LogP contribution in [0.2, 0.25) is 0 Å². The zero-order valence-corrected chi connectivity index (χ0v) is 13.8. The molecule has 0 unspecified atom stereocenters. The third-order valence-corrected chi connectivity index (χ3v) is 3.65. The molecule has 2 aromatic rings. The van der Waals surface area contributed by atoms with Gasteiger partial charge in [-0.25, -0.2) is 0 Å². The first-order valence-electron chi connectivity index (χ1n) is 7.63. The molecule has 120 valence electrons. The van der Waals surface area contributed by atoms with Gasteiger partial charge < -0.3 is 15.2 Å². The second-order valence-electron chi connectivity index (χ2n) is 5.50. The van der Waals surface area contributed by atoms with E-state index in [1.54, 1.807) is 14.2 Å². The van der Waals surface area contributed by atoms with Crippen LogP contribution in [0.25, 0.3) is 5.69 Å². The minimum atomic E-state index is 0.317. The molecule has 1 aromatic heterocycles. The Labute approximate surface area is 132 Å². The van der Waals surface area contributed by atoms with E-state index in [1.807, 2.05) is 28.9 Å². The fraction of sp³-hybridized carbons (Fsp3) is 0.471. The minimum absolute atomic E-state index is 0.317. The highest BCUT2D eigenvalue weighted by Gasteiger charge is 2.22. The molecule has 5 heteroatoms. The number of nitrogens with zero attached hydrogens (tertiary/aromatic N) is 2. The molecule has 0 radical (unpaired) electrons. The number of para-hydroxylation sites is 2. The molecule has 2 rings (SSSR count). The smallest absolute Gasteiger partial charge is 0.220 e. The van der Waals surface area contributed by atoms with Crippen LogP contribution in [-0.4, -0.2) is 30.5 Å². The maximum Gasteiger partial charge on any atom is 0.220 e. The molecule has 5 nitrogen and oxygen atoms in total. The van der Waals surface area contributed by atoms with Crippen molar-refractivity contribution in [3.05, 3.63) is 35.5 Å². The number of hydrogen-bond donors (Lipinski definition) is 1. The Morgan fingerprint density at radius 1 is 1.18 bits per heavy atom. The third kappa shape index (κ3) is 3.09. The van der Waals surface area contributed by atoms with E-state index in [9.17, 15) is 0 Å². The van der Waals surface area contributed by atoms with Crippen molar-refractivity contribution < 1.29 is 9.47 Å². The van der Waals surface area contributed by atoms with Gasteiger partial charge in [0.25, 0.3) is 0 Å². The normalized spacial score (nSPS) is 11.0. The number of hydrogen-bond acceptors (Lipinski definition) is 4. The largest absolute Gasteiger partial charge is 0.494 e. The van der Waals surface area contributed by atoms with E-state index in [2.05, 4.69) is 13.8 Å². The number of benzene rings is 1. The van der Waals surface area contributed by atoms with Crippen molar-refractivity contribution in [2.75, 3.05) is 20.8 Å². The van der Waals surface area contributed by atoms with Crippen molar-refractivity contribution in [1.29, 1.82) is 0 Å². The monoisotopic (exact) mass is 303 g/mol. The van der Waals surface area contributed by atoms with Crippen LogP contribution in [0, 0.1) is 0 Å². The van der Waals surface area contributed by atoms with Crippen LogP contribution in [0.4, 0.5) is 0 Å². The van der Waals surface area contributed by atoms with Gasteiger partial charge >= 0.3 is 0 Å². The fourth-order valence-corrected chi connectivity index (χ4v) is 2.61. The zero-order valence-electron chi connectivity index (χ0n) is 13.8. The third-order valence-electron chi connectivity index (χ3n) is 3.65. The maximum atomic E-state index is 5.67. The number of ether oxygens (including phenoxy) is 2. The number of rotatable bonds is 7. The van der Waals surface area contributed by atoms with Gasteiger partial charge in [0.05, 0.1) is 19.9 Å². The molecule has 0 fully saturated rings. The van der Waals surface area contributed by atoms with Crippen LogP contribution >= 0.6 is 0 Å². The Bertz CT molecular complexity index is 620. The summed E-state index contributed by atoms with van der Waals surface area (Å²) in [6, 6.07) is 7.81. The molecule has 0 aliphatic rings. The van der Waals surface area contributed by atoms with E-state index >= 15 is 0 Å². The topological polar surface area (TPSA) is 62.3 Å². The second-order valence-corrected chi connectivity index (χ2v) is 5.50. The SMILES string of the molecule is COc1ccccc1-n1nc(C(C)C)c(CCCN)c1OC. The Morgan fingerprint density at radius 2 is 1.91 bits per heavy atom. The first-order chi connectivity index (χ1) is 10.6. The molecule has 1 heterocycles. The van der Waals surface area contributed by atoms with E-state index < -0.39 is 0 Å². The summed E-state index contributed by atoms with van der Waals surface area (Å²) in [6.45, 7) is 4.93. The highest BCUT2D eigenvalue weighted by Crippen LogP contribution is 2.34. The second kappa shape index (κ2) is 7.31. The molecular formula is C17H25N3O2. The van der Waals surface area contributed by atoms with Crippen molar-refractivity contribution in [1.82, 2.24) is 9.78 Å². The van der Waals surface area contributed by atoms with Crippen molar-refractivity contribution in [3.8, 4) is 17.3 Å². The summed E-state index contributed by atoms with van der Waals surface area (Å²) in [5.41, 5.74) is 8.73. The number of aromatic nitrogens is 2. The van der Waals surface area contributed by atoms with Crippen molar-refractivity contribution in [3.63, 3.8) is 0 Å². The first-order valence-corrected chi connectivity index (χ1v) is 7.63. The molecule has 2 N–H and O–H groups in total. The molecule has 0 saturated carbocycles. The fourth-order valence-electron chi connectivity index (χ4n) is 2.61. The number of nitrogens with two attached hydrogens (primary N) is 1. The van der Waals surface area contributed by atoms with E-state index in [-0.39, 0.29) is 0 Å². The Balaban J connectivity index is 2.60. The zero-order chi connectivity index (χ0) is 16.1. The lowest BCUT2D eigenvalue weighted by atomic mass is 10.0. The summed E-state index contributed by atoms with van der Waals surface area (Å²) in [5, 5.41) is 4.78. The van der Waals surface area contributed by atoms with Crippen LogP contribution < -0.4 is 15.2 Å². The van der Waals surface area contributed by atoms with Crippen molar-refractivity contribution in [2.45, 2.75) is 32.6 Å². The summed E-state index contributed by atoms with van der Waals surface area (Å²) < 4.78 is 12.9. The van der Waals surface area contributed by atoms with Crippen LogP contribution in [0.3, 0.4) is 0 Å². The lowest BCUT2D eigenvalue weighted by Gasteiger charge is -2.11. The minimum Gasteiger partial charge on any atom is -0.494 e. The van der Waals surface area contributed by atoms with Crippen LogP contribution in [0.5, 0.6) is 11.6 Å². The lowest BCUT2D eigenvalue weighted by Crippen LogP contribution is -2.04. The Hall–Kier alpha value is -2.01. The van der Waals surface area contributed by atoms with E-state index in [0.717, 1.165) is 41.4 Å². The Kier molecular flexibility index (Phi) is 5.44. The number of methoxy groups -OCH3 is 2. The molecule has 0 aliphatic carbocycles. The highest BCUT2D eigenvalue weighted by molar-refractivity contribution is 5.50. The van der Waals surface area contributed by atoms with E-state index in [4.69, 9.17) is 20.3 Å². The van der Waals surface area contributed by atoms with Crippen molar-refractivity contribution >= 4 is 0 Å². The summed E-state index contributed by atoms with van der Waals surface area (Å²) in [7, 11) is 3.34. The lowest BCUT2D eigenvalue weighted by molar-refractivity contribution is 0.372. The quantitative estimate of drug-likeness (QED) is 0.854. The van der Waals surface area contributed by atoms with Crippen LogP contribution in [0.1, 0.15) is 37.4 Å². The molecule has 0 spiro atoms. The highest BCUT2D eigenvalue weighted by atomic mass is 16.5. The van der Waals surface area contributed by atoms with E-state index in [1.165, 1.54) is 0 Å². The van der Waals surface area contributed by atoms with Gasteiger partial charge in [-0.05, 0) is 37.4 Å². The van der Waals surface area contributed by atoms with Gasteiger partial charge in [0, 0.05) is 5.56 Å². The van der Waals surface area contributed by atoms with Gasteiger partial charge in [-0.2, -0.15) is 9.78 Å². The van der Waals surface area contributed by atoms with Crippen LogP contribution in [-0.2, 0) is 6.42 Å². The first kappa shape index (κ1) is 16.4. The van der Waals surface area contributed by atoms with Gasteiger partial charge in [0.1, 0.15) is 11.4 Å². The summed E-state index contributed by atoms with van der Waals surface area (Å²) in [6.07, 6.45) is 1.77. The predicted molar refractivity (Wildman–Crippen MR) is 88.1 cm³/mol. The molecule has 0 aliphatic heterocycles. The maximum absolute atomic E-state index is 5.67. The van der Waals surface area contributed by atoms with Gasteiger partial charge in [-0.15, -0.1) is 0 Å². The van der Waals surface area contributed by atoms with Gasteiger partial charge in [0.15, 0.2) is 0 Å². The predicted octanol–water partition coefficient (Wildman–Crippen LogP) is 2.90.